The van der Waals surface area contributed by atoms with Gasteiger partial charge in [-0.2, -0.15) is 0 Å². The molecule has 0 saturated heterocycles. The van der Waals surface area contributed by atoms with Gasteiger partial charge in [-0.05, 0) is 42.2 Å². The second kappa shape index (κ2) is 6.82. The second-order valence-electron chi connectivity index (χ2n) is 6.95. The number of ether oxygens (including phenoxy) is 1. The van der Waals surface area contributed by atoms with E-state index in [2.05, 4.69) is 30.8 Å². The first-order valence-electron chi connectivity index (χ1n) is 7.78. The lowest BCUT2D eigenvalue weighted by atomic mass is 9.72. The number of carbonyl (C=O) groups excluding carboxylic acids is 2. The average Bonchev–Trinajstić information content (AvgIpc) is 2.89. The molecular formula is C17H25NO3S. The summed E-state index contributed by atoms with van der Waals surface area (Å²) >= 11 is 1.59. The van der Waals surface area contributed by atoms with Crippen LogP contribution in [0.25, 0.3) is 0 Å². The number of methoxy groups -OCH3 is 1. The Labute approximate surface area is 136 Å². The summed E-state index contributed by atoms with van der Waals surface area (Å²) in [6.07, 6.45) is 3.53. The molecule has 4 nitrogen and oxygen atoms in total. The summed E-state index contributed by atoms with van der Waals surface area (Å²) in [5, 5.41) is 2.79. The summed E-state index contributed by atoms with van der Waals surface area (Å²) in [5.41, 5.74) is 1.64. The van der Waals surface area contributed by atoms with Crippen LogP contribution in [0.2, 0.25) is 0 Å². The number of nitrogens with one attached hydrogen (secondary N) is 1. The van der Waals surface area contributed by atoms with Crippen LogP contribution in [0.3, 0.4) is 0 Å². The number of aryl methyl sites for hydroxylation is 1. The number of amides is 1. The Bertz CT molecular complexity index is 557. The highest BCUT2D eigenvalue weighted by Crippen LogP contribution is 2.40. The minimum atomic E-state index is -0.307. The van der Waals surface area contributed by atoms with Gasteiger partial charge in [-0.25, -0.2) is 0 Å². The van der Waals surface area contributed by atoms with Crippen LogP contribution in [0.5, 0.6) is 0 Å². The molecule has 1 atom stereocenters. The van der Waals surface area contributed by atoms with E-state index in [1.165, 1.54) is 24.0 Å². The van der Waals surface area contributed by atoms with E-state index in [1.54, 1.807) is 11.3 Å². The van der Waals surface area contributed by atoms with Gasteiger partial charge in [0.2, 0.25) is 0 Å². The number of carbonyl (C=O) groups is 2. The first-order chi connectivity index (χ1) is 10.3. The molecule has 0 radical (unpaired) electrons. The quantitative estimate of drug-likeness (QED) is 0.866. The number of esters is 1. The summed E-state index contributed by atoms with van der Waals surface area (Å²) < 4.78 is 4.56. The van der Waals surface area contributed by atoms with Gasteiger partial charge in [0, 0.05) is 11.4 Å². The van der Waals surface area contributed by atoms with Crippen LogP contribution < -0.4 is 5.32 Å². The lowest BCUT2D eigenvalue weighted by Gasteiger charge is -2.33. The minimum Gasteiger partial charge on any atom is -0.469 e. The highest BCUT2D eigenvalue weighted by atomic mass is 32.1. The van der Waals surface area contributed by atoms with Gasteiger partial charge in [-0.15, -0.1) is 11.3 Å². The van der Waals surface area contributed by atoms with Gasteiger partial charge in [0.25, 0.3) is 5.91 Å². The van der Waals surface area contributed by atoms with E-state index in [0.717, 1.165) is 17.7 Å². The van der Waals surface area contributed by atoms with E-state index in [9.17, 15) is 9.59 Å². The van der Waals surface area contributed by atoms with E-state index in [1.807, 2.05) is 6.07 Å². The fraction of sp³-hybridized carbons (Fsp3) is 0.647. The molecule has 1 aromatic rings. The SMILES string of the molecule is COC(=O)CCNC(=O)c1cc2c(s1)CCC(C(C)(C)C)C2. The van der Waals surface area contributed by atoms with Crippen LogP contribution in [0, 0.1) is 11.3 Å². The fourth-order valence-electron chi connectivity index (χ4n) is 2.84. The maximum Gasteiger partial charge on any atom is 0.307 e. The summed E-state index contributed by atoms with van der Waals surface area (Å²) in [6.45, 7) is 7.18. The molecule has 122 valence electrons. The zero-order valence-electron chi connectivity index (χ0n) is 13.8. The molecule has 0 saturated carbocycles. The van der Waals surface area contributed by atoms with Gasteiger partial charge < -0.3 is 10.1 Å². The number of thiophene rings is 1. The number of hydrogen-bond donors (Lipinski definition) is 1. The van der Waals surface area contributed by atoms with Crippen molar-refractivity contribution in [2.24, 2.45) is 11.3 Å². The summed E-state index contributed by atoms with van der Waals surface area (Å²) in [4.78, 5) is 25.3. The molecule has 1 heterocycles. The Morgan fingerprint density at radius 2 is 2.14 bits per heavy atom. The lowest BCUT2D eigenvalue weighted by molar-refractivity contribution is -0.140. The third-order valence-electron chi connectivity index (χ3n) is 4.37. The van der Waals surface area contributed by atoms with Crippen LogP contribution in [-0.4, -0.2) is 25.5 Å². The molecule has 0 aromatic carbocycles. The number of fused-ring (bicyclic) bond motifs is 1. The van der Waals surface area contributed by atoms with Gasteiger partial charge in [0.05, 0.1) is 18.4 Å². The molecule has 0 fully saturated rings. The lowest BCUT2D eigenvalue weighted by Crippen LogP contribution is -2.26. The molecule has 1 unspecified atom stereocenters. The van der Waals surface area contributed by atoms with Crippen molar-refractivity contribution in [3.63, 3.8) is 0 Å². The molecule has 1 amide bonds. The molecule has 1 aliphatic carbocycles. The zero-order valence-corrected chi connectivity index (χ0v) is 14.6. The topological polar surface area (TPSA) is 55.4 Å². The predicted octanol–water partition coefficient (Wildman–Crippen LogP) is 3.19. The molecular weight excluding hydrogens is 298 g/mol. The molecule has 5 heteroatoms. The monoisotopic (exact) mass is 323 g/mol. The Hall–Kier alpha value is -1.36. The molecule has 0 spiro atoms. The molecule has 0 bridgehead atoms. The van der Waals surface area contributed by atoms with Crippen molar-refractivity contribution in [1.29, 1.82) is 0 Å². The Morgan fingerprint density at radius 1 is 1.41 bits per heavy atom. The summed E-state index contributed by atoms with van der Waals surface area (Å²) in [6, 6.07) is 2.03. The van der Waals surface area contributed by atoms with E-state index in [4.69, 9.17) is 0 Å². The second-order valence-corrected chi connectivity index (χ2v) is 8.08. The standard InChI is InChI=1S/C17H25NO3S/c1-17(2,3)12-5-6-13-11(9-12)10-14(22-13)16(20)18-8-7-15(19)21-4/h10,12H,5-9H2,1-4H3,(H,18,20). The van der Waals surface area contributed by atoms with Crippen molar-refractivity contribution in [3.8, 4) is 0 Å². The molecule has 2 rings (SSSR count). The highest BCUT2D eigenvalue weighted by Gasteiger charge is 2.30. The minimum absolute atomic E-state index is 0.0874. The van der Waals surface area contributed by atoms with Crippen LogP contribution >= 0.6 is 11.3 Å². The molecule has 1 aromatic heterocycles. The van der Waals surface area contributed by atoms with Crippen molar-refractivity contribution in [1.82, 2.24) is 5.32 Å². The van der Waals surface area contributed by atoms with Gasteiger partial charge in [-0.1, -0.05) is 20.8 Å². The molecule has 22 heavy (non-hydrogen) atoms. The Kier molecular flexibility index (Phi) is 5.27. The molecule has 0 aliphatic heterocycles. The summed E-state index contributed by atoms with van der Waals surface area (Å²) in [7, 11) is 1.35. The predicted molar refractivity (Wildman–Crippen MR) is 88.3 cm³/mol. The number of rotatable bonds is 4. The van der Waals surface area contributed by atoms with E-state index >= 15 is 0 Å². The van der Waals surface area contributed by atoms with Crippen LogP contribution in [0.1, 0.15) is 53.7 Å². The van der Waals surface area contributed by atoms with Crippen LogP contribution in [-0.2, 0) is 22.4 Å². The van der Waals surface area contributed by atoms with Gasteiger partial charge >= 0.3 is 5.97 Å². The Morgan fingerprint density at radius 3 is 2.77 bits per heavy atom. The van der Waals surface area contributed by atoms with E-state index in [-0.39, 0.29) is 18.3 Å². The third kappa shape index (κ3) is 4.09. The van der Waals surface area contributed by atoms with Crippen molar-refractivity contribution < 1.29 is 14.3 Å². The average molecular weight is 323 g/mol. The van der Waals surface area contributed by atoms with Gasteiger partial charge in [-0.3, -0.25) is 9.59 Å². The van der Waals surface area contributed by atoms with Crippen LogP contribution in [0.4, 0.5) is 0 Å². The first-order valence-corrected chi connectivity index (χ1v) is 8.59. The fourth-order valence-corrected chi connectivity index (χ4v) is 3.97. The summed E-state index contributed by atoms with van der Waals surface area (Å²) in [5.74, 6) is 0.277. The van der Waals surface area contributed by atoms with E-state index < -0.39 is 0 Å². The number of hydrogen-bond acceptors (Lipinski definition) is 4. The normalized spacial score (nSPS) is 17.7. The highest BCUT2D eigenvalue weighted by molar-refractivity contribution is 7.14. The first kappa shape index (κ1) is 17.0. The Balaban J connectivity index is 1.96. The third-order valence-corrected chi connectivity index (χ3v) is 5.61. The zero-order chi connectivity index (χ0) is 16.3. The van der Waals surface area contributed by atoms with Crippen molar-refractivity contribution in [2.45, 2.75) is 46.5 Å². The van der Waals surface area contributed by atoms with Gasteiger partial charge in [0.1, 0.15) is 0 Å². The smallest absolute Gasteiger partial charge is 0.307 e. The van der Waals surface area contributed by atoms with Crippen molar-refractivity contribution in [2.75, 3.05) is 13.7 Å². The van der Waals surface area contributed by atoms with E-state index in [0.29, 0.717) is 17.9 Å². The van der Waals surface area contributed by atoms with Crippen molar-refractivity contribution in [3.05, 3.63) is 21.4 Å². The van der Waals surface area contributed by atoms with Crippen LogP contribution in [0.15, 0.2) is 6.07 Å². The maximum atomic E-state index is 12.2. The van der Waals surface area contributed by atoms with Crippen molar-refractivity contribution >= 4 is 23.2 Å². The molecule has 1 N–H and O–H groups in total. The maximum absolute atomic E-state index is 12.2. The molecule has 1 aliphatic rings. The van der Waals surface area contributed by atoms with Gasteiger partial charge in [0.15, 0.2) is 0 Å². The largest absolute Gasteiger partial charge is 0.469 e.